The minimum atomic E-state index is -0.227. The molecule has 9 heteroatoms. The largest absolute Gasteiger partial charge is 0.464 e. The molecule has 2 aromatic rings. The quantitative estimate of drug-likeness (QED) is 0.709. The van der Waals surface area contributed by atoms with Crippen molar-refractivity contribution in [1.29, 1.82) is 0 Å². The molecule has 0 atom stereocenters. The van der Waals surface area contributed by atoms with Crippen LogP contribution in [0.3, 0.4) is 0 Å². The monoisotopic (exact) mass is 446 g/mol. The Morgan fingerprint density at radius 1 is 1.35 bits per heavy atom. The second kappa shape index (κ2) is 7.88. The zero-order valence-electron chi connectivity index (χ0n) is 12.2. The average Bonchev–Trinajstić information content (AvgIpc) is 3.04. The van der Waals surface area contributed by atoms with Crippen LogP contribution in [0.25, 0.3) is 0 Å². The van der Waals surface area contributed by atoms with Gasteiger partial charge in [0.05, 0.1) is 30.6 Å². The summed E-state index contributed by atoms with van der Waals surface area (Å²) in [5.41, 5.74) is 0.770. The molecule has 23 heavy (non-hydrogen) atoms. The van der Waals surface area contributed by atoms with Gasteiger partial charge in [-0.15, -0.1) is 4.37 Å². The van der Waals surface area contributed by atoms with Crippen LogP contribution in [0.2, 0.25) is 0 Å². The molecule has 2 heterocycles. The van der Waals surface area contributed by atoms with Crippen molar-refractivity contribution in [1.82, 2.24) is 8.75 Å². The van der Waals surface area contributed by atoms with Crippen molar-refractivity contribution in [3.63, 3.8) is 0 Å². The summed E-state index contributed by atoms with van der Waals surface area (Å²) in [6, 6.07) is 7.57. The Balaban J connectivity index is 1.57. The minimum absolute atomic E-state index is 0.103. The summed E-state index contributed by atoms with van der Waals surface area (Å²) in [7, 11) is 0. The van der Waals surface area contributed by atoms with Gasteiger partial charge in [-0.05, 0) is 34.7 Å². The molecule has 1 amide bonds. The van der Waals surface area contributed by atoms with Crippen molar-refractivity contribution in [2.24, 2.45) is 0 Å². The number of amides is 1. The second-order valence-corrected chi connectivity index (χ2v) is 6.50. The third-order valence-electron chi connectivity index (χ3n) is 3.24. The van der Waals surface area contributed by atoms with Gasteiger partial charge in [-0.25, -0.2) is 0 Å². The van der Waals surface area contributed by atoms with E-state index in [1.165, 1.54) is 0 Å². The second-order valence-electron chi connectivity index (χ2n) is 4.81. The van der Waals surface area contributed by atoms with E-state index < -0.39 is 0 Å². The number of para-hydroxylation sites is 1. The van der Waals surface area contributed by atoms with E-state index in [0.717, 1.165) is 34.1 Å². The number of halogens is 1. The molecule has 0 radical (unpaired) electrons. The van der Waals surface area contributed by atoms with E-state index in [9.17, 15) is 4.79 Å². The zero-order valence-corrected chi connectivity index (χ0v) is 15.2. The molecule has 1 aromatic carbocycles. The van der Waals surface area contributed by atoms with Gasteiger partial charge < -0.3 is 19.7 Å². The van der Waals surface area contributed by atoms with Crippen molar-refractivity contribution < 1.29 is 14.3 Å². The summed E-state index contributed by atoms with van der Waals surface area (Å²) >= 11 is 3.25. The molecule has 0 bridgehead atoms. The third-order valence-corrected chi connectivity index (χ3v) is 4.68. The van der Waals surface area contributed by atoms with Crippen LogP contribution >= 0.6 is 34.3 Å². The maximum atomic E-state index is 12.0. The molecule has 0 unspecified atom stereocenters. The molecule has 0 spiro atoms. The Labute approximate surface area is 151 Å². The van der Waals surface area contributed by atoms with Crippen molar-refractivity contribution in [2.75, 3.05) is 43.1 Å². The number of hydrogen-bond donors (Lipinski definition) is 1. The van der Waals surface area contributed by atoms with Gasteiger partial charge in [-0.3, -0.25) is 4.79 Å². The predicted molar refractivity (Wildman–Crippen MR) is 96.2 cm³/mol. The van der Waals surface area contributed by atoms with E-state index in [4.69, 9.17) is 9.47 Å². The van der Waals surface area contributed by atoms with Crippen LogP contribution in [0.4, 0.5) is 11.5 Å². The molecule has 3 rings (SSSR count). The Hall–Kier alpha value is -1.46. The van der Waals surface area contributed by atoms with Crippen LogP contribution < -0.4 is 15.0 Å². The zero-order chi connectivity index (χ0) is 16.1. The smallest absolute Gasteiger partial charge is 0.271 e. The van der Waals surface area contributed by atoms with Crippen molar-refractivity contribution >= 4 is 51.7 Å². The number of benzene rings is 1. The number of aromatic nitrogens is 2. The molecular formula is C14H15IN4O3S. The fourth-order valence-electron chi connectivity index (χ4n) is 2.12. The Morgan fingerprint density at radius 2 is 2.13 bits per heavy atom. The maximum absolute atomic E-state index is 12.0. The number of carbonyl (C=O) groups excluding carboxylic acids is 1. The van der Waals surface area contributed by atoms with Crippen LogP contribution in [0.5, 0.6) is 5.88 Å². The van der Waals surface area contributed by atoms with Gasteiger partial charge in [0, 0.05) is 16.7 Å². The molecule has 1 fully saturated rings. The van der Waals surface area contributed by atoms with Gasteiger partial charge >= 0.3 is 0 Å². The van der Waals surface area contributed by atoms with E-state index in [1.54, 1.807) is 0 Å². The van der Waals surface area contributed by atoms with Gasteiger partial charge in [0.1, 0.15) is 0 Å². The van der Waals surface area contributed by atoms with Crippen molar-refractivity contribution in [2.45, 2.75) is 0 Å². The standard InChI is InChI=1S/C14H15IN4O3S/c15-10-3-1-2-4-11(10)16-12(20)9-22-14-13(17-23-18-14)19-5-7-21-8-6-19/h1-4H,5-9H2,(H,16,20). The fourth-order valence-corrected chi connectivity index (χ4v) is 3.16. The predicted octanol–water partition coefficient (Wildman–Crippen LogP) is 2.00. The van der Waals surface area contributed by atoms with E-state index in [1.807, 2.05) is 24.3 Å². The summed E-state index contributed by atoms with van der Waals surface area (Å²) in [5, 5.41) is 2.82. The fraction of sp³-hybridized carbons (Fsp3) is 0.357. The van der Waals surface area contributed by atoms with Crippen LogP contribution in [0.1, 0.15) is 0 Å². The first kappa shape index (κ1) is 16.4. The molecule has 122 valence electrons. The lowest BCUT2D eigenvalue weighted by Gasteiger charge is -2.26. The lowest BCUT2D eigenvalue weighted by molar-refractivity contribution is -0.118. The minimum Gasteiger partial charge on any atom is -0.464 e. The summed E-state index contributed by atoms with van der Waals surface area (Å²) in [6.07, 6.45) is 0. The number of nitrogens with zero attached hydrogens (tertiary/aromatic N) is 3. The SMILES string of the molecule is O=C(COc1nsnc1N1CCOCC1)Nc1ccccc1I. The van der Waals surface area contributed by atoms with Gasteiger partial charge in [0.2, 0.25) is 5.82 Å². The van der Waals surface area contributed by atoms with Crippen molar-refractivity contribution in [3.05, 3.63) is 27.8 Å². The molecule has 1 N–H and O–H groups in total. The molecular weight excluding hydrogens is 431 g/mol. The van der Waals surface area contributed by atoms with E-state index in [2.05, 4.69) is 41.6 Å². The van der Waals surface area contributed by atoms with Gasteiger partial charge in [-0.2, -0.15) is 4.37 Å². The van der Waals surface area contributed by atoms with Crippen LogP contribution in [-0.2, 0) is 9.53 Å². The highest BCUT2D eigenvalue weighted by Crippen LogP contribution is 2.26. The van der Waals surface area contributed by atoms with Gasteiger partial charge in [0.15, 0.2) is 6.61 Å². The van der Waals surface area contributed by atoms with E-state index >= 15 is 0 Å². The number of ether oxygens (including phenoxy) is 2. The molecule has 7 nitrogen and oxygen atoms in total. The van der Waals surface area contributed by atoms with Crippen molar-refractivity contribution in [3.8, 4) is 5.88 Å². The highest BCUT2D eigenvalue weighted by molar-refractivity contribution is 14.1. The molecule has 0 aliphatic carbocycles. The number of morpholine rings is 1. The highest BCUT2D eigenvalue weighted by Gasteiger charge is 2.20. The summed E-state index contributed by atoms with van der Waals surface area (Å²) in [4.78, 5) is 14.1. The normalized spacial score (nSPS) is 14.6. The maximum Gasteiger partial charge on any atom is 0.271 e. The number of carbonyl (C=O) groups is 1. The Morgan fingerprint density at radius 3 is 2.91 bits per heavy atom. The molecule has 1 saturated heterocycles. The first-order chi connectivity index (χ1) is 11.2. The number of anilines is 2. The van der Waals surface area contributed by atoms with E-state index in [0.29, 0.717) is 24.9 Å². The van der Waals surface area contributed by atoms with Gasteiger partial charge in [-0.1, -0.05) is 12.1 Å². The lowest BCUT2D eigenvalue weighted by atomic mass is 10.3. The van der Waals surface area contributed by atoms with Crippen LogP contribution in [0.15, 0.2) is 24.3 Å². The lowest BCUT2D eigenvalue weighted by Crippen LogP contribution is -2.36. The third kappa shape index (κ3) is 4.30. The van der Waals surface area contributed by atoms with Gasteiger partial charge in [0.25, 0.3) is 11.8 Å². The topological polar surface area (TPSA) is 76.6 Å². The first-order valence-corrected chi connectivity index (χ1v) is 8.87. The Bertz CT molecular complexity index is 676. The molecule has 0 saturated carbocycles. The van der Waals surface area contributed by atoms with E-state index in [-0.39, 0.29) is 12.5 Å². The van der Waals surface area contributed by atoms with Crippen LogP contribution in [-0.4, -0.2) is 47.6 Å². The molecule has 1 aliphatic rings. The summed E-state index contributed by atoms with van der Waals surface area (Å²) in [6.45, 7) is 2.70. The molecule has 1 aliphatic heterocycles. The highest BCUT2D eigenvalue weighted by atomic mass is 127. The number of rotatable bonds is 5. The summed E-state index contributed by atoms with van der Waals surface area (Å²) in [5.74, 6) is 0.852. The number of hydrogen-bond acceptors (Lipinski definition) is 7. The Kier molecular flexibility index (Phi) is 5.62. The average molecular weight is 446 g/mol. The summed E-state index contributed by atoms with van der Waals surface area (Å²) < 4.78 is 20.2. The van der Waals surface area contributed by atoms with Crippen LogP contribution in [0, 0.1) is 3.57 Å². The molecule has 1 aromatic heterocycles. The first-order valence-electron chi connectivity index (χ1n) is 7.06. The number of nitrogens with one attached hydrogen (secondary N) is 1.